The van der Waals surface area contributed by atoms with E-state index >= 15 is 0 Å². The Bertz CT molecular complexity index is 694. The van der Waals surface area contributed by atoms with Crippen molar-refractivity contribution in [2.45, 2.75) is 31.3 Å². The van der Waals surface area contributed by atoms with Crippen LogP contribution in [-0.2, 0) is 17.6 Å². The predicted molar refractivity (Wildman–Crippen MR) is 82.6 cm³/mol. The Morgan fingerprint density at radius 2 is 2.05 bits per heavy atom. The van der Waals surface area contributed by atoms with Crippen molar-refractivity contribution >= 4 is 17.3 Å². The number of benzene rings is 1. The Morgan fingerprint density at radius 3 is 2.90 bits per heavy atom. The van der Waals surface area contributed by atoms with Crippen molar-refractivity contribution in [3.63, 3.8) is 0 Å². The summed E-state index contributed by atoms with van der Waals surface area (Å²) in [7, 11) is 0. The maximum atomic E-state index is 11.9. The Balaban J connectivity index is 1.74. The van der Waals surface area contributed by atoms with Gasteiger partial charge in [-0.15, -0.1) is 11.3 Å². The van der Waals surface area contributed by atoms with Crippen molar-refractivity contribution in [3.8, 4) is 0 Å². The molecule has 0 saturated carbocycles. The lowest BCUT2D eigenvalue weighted by molar-refractivity contribution is -0.145. The summed E-state index contributed by atoms with van der Waals surface area (Å²) in [5.74, 6) is -0.723. The summed E-state index contributed by atoms with van der Waals surface area (Å²) in [5, 5.41) is 11.8. The molecule has 1 N–H and O–H groups in total. The Hall–Kier alpha value is -1.65. The molecule has 0 spiro atoms. The highest BCUT2D eigenvalue weighted by Crippen LogP contribution is 2.43. The van der Waals surface area contributed by atoms with Gasteiger partial charge in [-0.25, -0.2) is 0 Å². The van der Waals surface area contributed by atoms with Gasteiger partial charge in [0, 0.05) is 17.5 Å². The molecule has 1 aliphatic carbocycles. The van der Waals surface area contributed by atoms with E-state index in [-0.39, 0.29) is 6.04 Å². The number of aryl methyl sites for hydroxylation is 1. The molecule has 4 heteroatoms. The summed E-state index contributed by atoms with van der Waals surface area (Å²) in [6.45, 7) is 0.837. The summed E-state index contributed by atoms with van der Waals surface area (Å²) in [6, 6.07) is 10.2. The lowest BCUT2D eigenvalue weighted by Crippen LogP contribution is -2.40. The number of aliphatic carboxylic acids is 1. The zero-order valence-corrected chi connectivity index (χ0v) is 12.5. The van der Waals surface area contributed by atoms with E-state index in [1.165, 1.54) is 16.0 Å². The van der Waals surface area contributed by atoms with Crippen LogP contribution in [0.15, 0.2) is 35.7 Å². The SMILES string of the molecule is O=C(O)C1c2ccsc2CCN1C1CCc2ccccc21. The van der Waals surface area contributed by atoms with Crippen molar-refractivity contribution < 1.29 is 9.90 Å². The molecule has 2 aliphatic rings. The van der Waals surface area contributed by atoms with E-state index in [0.717, 1.165) is 31.4 Å². The third-order valence-electron chi connectivity index (χ3n) is 4.74. The van der Waals surface area contributed by atoms with Crippen molar-refractivity contribution in [1.29, 1.82) is 0 Å². The molecule has 0 saturated heterocycles. The molecule has 108 valence electrons. The maximum Gasteiger partial charge on any atom is 0.325 e. The summed E-state index contributed by atoms with van der Waals surface area (Å²) in [6.07, 6.45) is 3.05. The minimum atomic E-state index is -0.723. The molecule has 0 amide bonds. The molecule has 2 unspecified atom stereocenters. The summed E-state index contributed by atoms with van der Waals surface area (Å²) in [4.78, 5) is 15.3. The molecular formula is C17H17NO2S. The normalized spacial score (nSPS) is 24.6. The van der Waals surface area contributed by atoms with E-state index in [0.29, 0.717) is 0 Å². The lowest BCUT2D eigenvalue weighted by Gasteiger charge is -2.38. The number of fused-ring (bicyclic) bond motifs is 2. The second kappa shape index (κ2) is 4.97. The van der Waals surface area contributed by atoms with Gasteiger partial charge in [0.2, 0.25) is 0 Å². The molecule has 2 heterocycles. The minimum absolute atomic E-state index is 0.246. The van der Waals surface area contributed by atoms with Crippen LogP contribution < -0.4 is 0 Å². The van der Waals surface area contributed by atoms with Gasteiger partial charge >= 0.3 is 5.97 Å². The number of carboxylic acids is 1. The van der Waals surface area contributed by atoms with E-state index in [1.54, 1.807) is 11.3 Å². The zero-order valence-electron chi connectivity index (χ0n) is 11.7. The van der Waals surface area contributed by atoms with Crippen LogP contribution in [0.1, 0.15) is 40.1 Å². The van der Waals surface area contributed by atoms with Gasteiger partial charge in [-0.1, -0.05) is 24.3 Å². The summed E-state index contributed by atoms with van der Waals surface area (Å²) >= 11 is 1.69. The number of nitrogens with zero attached hydrogens (tertiary/aromatic N) is 1. The maximum absolute atomic E-state index is 11.9. The Labute approximate surface area is 127 Å². The van der Waals surface area contributed by atoms with Gasteiger partial charge < -0.3 is 5.11 Å². The molecule has 21 heavy (non-hydrogen) atoms. The first-order valence-corrected chi connectivity index (χ1v) is 8.26. The molecule has 1 aliphatic heterocycles. The third kappa shape index (κ3) is 2.01. The fourth-order valence-electron chi connectivity index (χ4n) is 3.83. The molecule has 1 aromatic carbocycles. The van der Waals surface area contributed by atoms with Crippen LogP contribution in [0.2, 0.25) is 0 Å². The lowest BCUT2D eigenvalue weighted by atomic mass is 9.96. The monoisotopic (exact) mass is 299 g/mol. The van der Waals surface area contributed by atoms with Crippen LogP contribution in [0.4, 0.5) is 0 Å². The van der Waals surface area contributed by atoms with E-state index in [9.17, 15) is 9.90 Å². The van der Waals surface area contributed by atoms with Crippen LogP contribution in [0.3, 0.4) is 0 Å². The number of thiophene rings is 1. The predicted octanol–water partition coefficient (Wildman–Crippen LogP) is 3.42. The molecule has 0 radical (unpaired) electrons. The topological polar surface area (TPSA) is 40.5 Å². The average molecular weight is 299 g/mol. The van der Waals surface area contributed by atoms with Gasteiger partial charge in [-0.05, 0) is 47.4 Å². The fourth-order valence-corrected chi connectivity index (χ4v) is 4.73. The van der Waals surface area contributed by atoms with Crippen molar-refractivity contribution in [2.24, 2.45) is 0 Å². The number of hydrogen-bond acceptors (Lipinski definition) is 3. The van der Waals surface area contributed by atoms with Gasteiger partial charge in [-0.2, -0.15) is 0 Å². The minimum Gasteiger partial charge on any atom is -0.480 e. The Kier molecular flexibility index (Phi) is 3.08. The molecule has 4 rings (SSSR count). The van der Waals surface area contributed by atoms with Crippen molar-refractivity contribution in [3.05, 3.63) is 57.3 Å². The van der Waals surface area contributed by atoms with E-state index in [4.69, 9.17) is 0 Å². The molecule has 3 nitrogen and oxygen atoms in total. The second-order valence-corrected chi connectivity index (χ2v) is 6.78. The first-order chi connectivity index (χ1) is 10.3. The third-order valence-corrected chi connectivity index (χ3v) is 5.74. The van der Waals surface area contributed by atoms with Gasteiger partial charge in [0.1, 0.15) is 6.04 Å². The van der Waals surface area contributed by atoms with Crippen LogP contribution in [0.5, 0.6) is 0 Å². The number of rotatable bonds is 2. The number of carboxylic acid groups (broad SMARTS) is 1. The first kappa shape index (κ1) is 13.0. The van der Waals surface area contributed by atoms with Crippen LogP contribution >= 0.6 is 11.3 Å². The highest BCUT2D eigenvalue weighted by molar-refractivity contribution is 7.10. The molecule has 2 atom stereocenters. The van der Waals surface area contributed by atoms with E-state index in [2.05, 4.69) is 29.2 Å². The first-order valence-electron chi connectivity index (χ1n) is 7.38. The Morgan fingerprint density at radius 1 is 1.19 bits per heavy atom. The van der Waals surface area contributed by atoms with Gasteiger partial charge in [-0.3, -0.25) is 9.69 Å². The number of carbonyl (C=O) groups is 1. The van der Waals surface area contributed by atoms with E-state index < -0.39 is 12.0 Å². The summed E-state index contributed by atoms with van der Waals surface area (Å²) in [5.41, 5.74) is 3.70. The second-order valence-electron chi connectivity index (χ2n) is 5.78. The highest BCUT2D eigenvalue weighted by Gasteiger charge is 2.39. The molecule has 1 aromatic heterocycles. The van der Waals surface area contributed by atoms with Gasteiger partial charge in [0.15, 0.2) is 0 Å². The van der Waals surface area contributed by atoms with Crippen LogP contribution in [0.25, 0.3) is 0 Å². The molecule has 0 bridgehead atoms. The molecule has 2 aromatic rings. The van der Waals surface area contributed by atoms with E-state index in [1.807, 2.05) is 11.4 Å². The van der Waals surface area contributed by atoms with Crippen molar-refractivity contribution in [2.75, 3.05) is 6.54 Å². The van der Waals surface area contributed by atoms with Crippen LogP contribution in [0, 0.1) is 0 Å². The van der Waals surface area contributed by atoms with Gasteiger partial charge in [0.05, 0.1) is 0 Å². The average Bonchev–Trinajstić information content (AvgIpc) is 3.12. The highest BCUT2D eigenvalue weighted by atomic mass is 32.1. The van der Waals surface area contributed by atoms with Crippen molar-refractivity contribution in [1.82, 2.24) is 4.90 Å². The van der Waals surface area contributed by atoms with Gasteiger partial charge in [0.25, 0.3) is 0 Å². The molecular weight excluding hydrogens is 282 g/mol. The summed E-state index contributed by atoms with van der Waals surface area (Å²) < 4.78 is 0. The molecule has 0 fully saturated rings. The number of hydrogen-bond donors (Lipinski definition) is 1. The fraction of sp³-hybridized carbons (Fsp3) is 0.353. The largest absolute Gasteiger partial charge is 0.480 e. The zero-order chi connectivity index (χ0) is 14.4. The quantitative estimate of drug-likeness (QED) is 0.923. The standard InChI is InChI=1S/C17H17NO2S/c19-17(20)16-13-8-10-21-15(13)7-9-18(16)14-6-5-11-3-1-2-4-12(11)14/h1-4,8,10,14,16H,5-7,9H2,(H,19,20). The smallest absolute Gasteiger partial charge is 0.325 e. The van der Waals surface area contributed by atoms with Crippen LogP contribution in [-0.4, -0.2) is 22.5 Å².